The smallest absolute Gasteiger partial charge is 0.274 e. The molecule has 0 spiro atoms. The average molecular weight is 366 g/mol. The van der Waals surface area contributed by atoms with E-state index in [-0.39, 0.29) is 11.8 Å². The van der Waals surface area contributed by atoms with Crippen LogP contribution in [0.25, 0.3) is 0 Å². The summed E-state index contributed by atoms with van der Waals surface area (Å²) in [6.07, 6.45) is 8.73. The molecular weight excluding hydrogens is 344 g/mol. The van der Waals surface area contributed by atoms with Gasteiger partial charge in [0.1, 0.15) is 18.1 Å². The standard InChI is InChI=1S/C18H22N8O/c1-13-9-20-15(10-19-13)18(27)25-7-3-5-14(11-25)17-23-22-16(24(17)2)12-26-8-4-6-21-26/h4,6,8-10,14H,3,5,7,11-12H2,1-2H3/t14-/m1/s1. The molecule has 140 valence electrons. The van der Waals surface area contributed by atoms with Crippen LogP contribution in [-0.4, -0.2) is 58.4 Å². The zero-order valence-corrected chi connectivity index (χ0v) is 15.5. The lowest BCUT2D eigenvalue weighted by Crippen LogP contribution is -2.40. The first-order chi connectivity index (χ1) is 13.1. The highest BCUT2D eigenvalue weighted by Crippen LogP contribution is 2.26. The number of hydrogen-bond donors (Lipinski definition) is 0. The van der Waals surface area contributed by atoms with Crippen molar-refractivity contribution in [1.29, 1.82) is 0 Å². The number of piperidine rings is 1. The number of amides is 1. The van der Waals surface area contributed by atoms with E-state index in [1.165, 1.54) is 0 Å². The van der Waals surface area contributed by atoms with Gasteiger partial charge in [-0.1, -0.05) is 0 Å². The topological polar surface area (TPSA) is 94.6 Å². The molecule has 9 nitrogen and oxygen atoms in total. The Morgan fingerprint density at radius 2 is 2.15 bits per heavy atom. The zero-order valence-electron chi connectivity index (χ0n) is 15.5. The minimum atomic E-state index is -0.0777. The van der Waals surface area contributed by atoms with Crippen LogP contribution in [0.4, 0.5) is 0 Å². The lowest BCUT2D eigenvalue weighted by Gasteiger charge is -2.32. The van der Waals surface area contributed by atoms with Gasteiger partial charge in [-0.15, -0.1) is 10.2 Å². The molecule has 0 bridgehead atoms. The molecule has 0 unspecified atom stereocenters. The van der Waals surface area contributed by atoms with E-state index in [0.29, 0.717) is 18.8 Å². The molecule has 9 heteroatoms. The minimum Gasteiger partial charge on any atom is -0.337 e. The van der Waals surface area contributed by atoms with E-state index in [9.17, 15) is 4.79 Å². The van der Waals surface area contributed by atoms with Crippen LogP contribution in [0.1, 0.15) is 46.6 Å². The molecule has 1 fully saturated rings. The Hall–Kier alpha value is -3.10. The molecule has 4 rings (SSSR count). The molecule has 3 aromatic heterocycles. The van der Waals surface area contributed by atoms with Crippen molar-refractivity contribution in [3.63, 3.8) is 0 Å². The first-order valence-corrected chi connectivity index (χ1v) is 9.05. The normalized spacial score (nSPS) is 17.3. The summed E-state index contributed by atoms with van der Waals surface area (Å²) in [4.78, 5) is 23.0. The van der Waals surface area contributed by atoms with Gasteiger partial charge in [0.25, 0.3) is 5.91 Å². The molecule has 1 atom stereocenters. The monoisotopic (exact) mass is 366 g/mol. The van der Waals surface area contributed by atoms with Gasteiger partial charge in [-0.2, -0.15) is 5.10 Å². The molecule has 1 amide bonds. The molecular formula is C18H22N8O. The van der Waals surface area contributed by atoms with Gasteiger partial charge in [0.15, 0.2) is 5.82 Å². The Kier molecular flexibility index (Phi) is 4.66. The van der Waals surface area contributed by atoms with Crippen LogP contribution in [0, 0.1) is 6.92 Å². The van der Waals surface area contributed by atoms with Crippen LogP contribution < -0.4 is 0 Å². The third-order valence-electron chi connectivity index (χ3n) is 4.94. The molecule has 1 aliphatic rings. The fraction of sp³-hybridized carbons (Fsp3) is 0.444. The van der Waals surface area contributed by atoms with Gasteiger partial charge in [0.2, 0.25) is 0 Å². The van der Waals surface area contributed by atoms with Crippen LogP contribution in [0.2, 0.25) is 0 Å². The summed E-state index contributed by atoms with van der Waals surface area (Å²) < 4.78 is 3.84. The predicted molar refractivity (Wildman–Crippen MR) is 97.0 cm³/mol. The van der Waals surface area contributed by atoms with Crippen molar-refractivity contribution in [3.05, 3.63) is 53.9 Å². The van der Waals surface area contributed by atoms with E-state index in [2.05, 4.69) is 25.3 Å². The van der Waals surface area contributed by atoms with Gasteiger partial charge in [-0.05, 0) is 25.8 Å². The number of carbonyl (C=O) groups excluding carboxylic acids is 1. The highest BCUT2D eigenvalue weighted by Gasteiger charge is 2.29. The number of nitrogens with zero attached hydrogens (tertiary/aromatic N) is 8. The van der Waals surface area contributed by atoms with Crippen molar-refractivity contribution >= 4 is 5.91 Å². The second kappa shape index (κ2) is 7.26. The largest absolute Gasteiger partial charge is 0.337 e. The van der Waals surface area contributed by atoms with E-state index >= 15 is 0 Å². The Balaban J connectivity index is 1.49. The van der Waals surface area contributed by atoms with Crippen molar-refractivity contribution in [2.45, 2.75) is 32.2 Å². The summed E-state index contributed by atoms with van der Waals surface area (Å²) in [5.41, 5.74) is 1.19. The molecule has 27 heavy (non-hydrogen) atoms. The van der Waals surface area contributed by atoms with Gasteiger partial charge in [0.05, 0.1) is 11.9 Å². The van der Waals surface area contributed by atoms with Crippen molar-refractivity contribution in [3.8, 4) is 0 Å². The maximum atomic E-state index is 12.8. The Morgan fingerprint density at radius 3 is 2.89 bits per heavy atom. The molecule has 0 aromatic carbocycles. The molecule has 0 N–H and O–H groups in total. The first-order valence-electron chi connectivity index (χ1n) is 9.05. The highest BCUT2D eigenvalue weighted by molar-refractivity contribution is 5.92. The summed E-state index contributed by atoms with van der Waals surface area (Å²) >= 11 is 0. The Bertz CT molecular complexity index is 916. The number of hydrogen-bond acceptors (Lipinski definition) is 6. The number of carbonyl (C=O) groups is 1. The van der Waals surface area contributed by atoms with E-state index < -0.39 is 0 Å². The quantitative estimate of drug-likeness (QED) is 0.688. The van der Waals surface area contributed by atoms with Crippen molar-refractivity contribution in [2.24, 2.45) is 7.05 Å². The molecule has 1 saturated heterocycles. The first kappa shape index (κ1) is 17.3. The second-order valence-electron chi connectivity index (χ2n) is 6.87. The average Bonchev–Trinajstić information content (AvgIpc) is 3.33. The highest BCUT2D eigenvalue weighted by atomic mass is 16.2. The van der Waals surface area contributed by atoms with Gasteiger partial charge in [-0.25, -0.2) is 4.98 Å². The number of aromatic nitrogens is 7. The third kappa shape index (κ3) is 3.57. The van der Waals surface area contributed by atoms with Crippen LogP contribution in [0.15, 0.2) is 30.9 Å². The van der Waals surface area contributed by atoms with Crippen LogP contribution >= 0.6 is 0 Å². The van der Waals surface area contributed by atoms with E-state index in [4.69, 9.17) is 0 Å². The Morgan fingerprint density at radius 1 is 1.26 bits per heavy atom. The fourth-order valence-corrected chi connectivity index (χ4v) is 3.44. The van der Waals surface area contributed by atoms with Crippen molar-refractivity contribution < 1.29 is 4.79 Å². The maximum Gasteiger partial charge on any atom is 0.274 e. The number of rotatable bonds is 4. The summed E-state index contributed by atoms with van der Waals surface area (Å²) in [7, 11) is 1.97. The summed E-state index contributed by atoms with van der Waals surface area (Å²) in [5.74, 6) is 1.84. The van der Waals surface area contributed by atoms with Gasteiger partial charge in [0, 0.05) is 44.6 Å². The third-order valence-corrected chi connectivity index (χ3v) is 4.94. The lowest BCUT2D eigenvalue weighted by molar-refractivity contribution is 0.0697. The zero-order chi connectivity index (χ0) is 18.8. The fourth-order valence-electron chi connectivity index (χ4n) is 3.44. The molecule has 0 aliphatic carbocycles. The van der Waals surface area contributed by atoms with Gasteiger partial charge >= 0.3 is 0 Å². The van der Waals surface area contributed by atoms with Crippen LogP contribution in [0.3, 0.4) is 0 Å². The number of likely N-dealkylation sites (tertiary alicyclic amines) is 1. The van der Waals surface area contributed by atoms with Crippen molar-refractivity contribution in [1.82, 2.24) is 39.4 Å². The van der Waals surface area contributed by atoms with Crippen molar-refractivity contribution in [2.75, 3.05) is 13.1 Å². The minimum absolute atomic E-state index is 0.0777. The summed E-state index contributed by atoms with van der Waals surface area (Å²) in [6, 6.07) is 1.88. The molecule has 4 heterocycles. The SMILES string of the molecule is Cc1cnc(C(=O)N2CCC[C@@H](c3nnc(Cn4cccn4)n3C)C2)cn1. The molecule has 3 aromatic rings. The summed E-state index contributed by atoms with van der Waals surface area (Å²) in [5, 5.41) is 13.0. The van der Waals surface area contributed by atoms with Crippen LogP contribution in [-0.2, 0) is 13.6 Å². The molecule has 1 aliphatic heterocycles. The number of aryl methyl sites for hydroxylation is 1. The van der Waals surface area contributed by atoms with E-state index in [0.717, 1.165) is 36.7 Å². The molecule has 0 saturated carbocycles. The molecule has 0 radical (unpaired) electrons. The van der Waals surface area contributed by atoms with Crippen LogP contribution in [0.5, 0.6) is 0 Å². The van der Waals surface area contributed by atoms with E-state index in [1.807, 2.05) is 40.4 Å². The van der Waals surface area contributed by atoms with Gasteiger partial charge in [-0.3, -0.25) is 14.5 Å². The van der Waals surface area contributed by atoms with E-state index in [1.54, 1.807) is 18.6 Å². The Labute approximate surface area is 157 Å². The van der Waals surface area contributed by atoms with Gasteiger partial charge < -0.3 is 9.47 Å². The second-order valence-corrected chi connectivity index (χ2v) is 6.87. The lowest BCUT2D eigenvalue weighted by atomic mass is 9.97. The maximum absolute atomic E-state index is 12.8. The predicted octanol–water partition coefficient (Wildman–Crippen LogP) is 1.18. The summed E-state index contributed by atoms with van der Waals surface area (Å²) in [6.45, 7) is 3.77.